The highest BCUT2D eigenvalue weighted by atomic mass is 79.9. The summed E-state index contributed by atoms with van der Waals surface area (Å²) in [4.78, 5) is 24.0. The average molecular weight is 527 g/mol. The minimum absolute atomic E-state index is 0.0463. The fraction of sp³-hybridized carbons (Fsp3) is 0.250. The summed E-state index contributed by atoms with van der Waals surface area (Å²) in [7, 11) is 1.57. The number of nitrogens with zero attached hydrogens (tertiary/aromatic N) is 1. The normalized spacial score (nSPS) is 11.0. The van der Waals surface area contributed by atoms with E-state index in [0.717, 1.165) is 14.5 Å². The average Bonchev–Trinajstić information content (AvgIpc) is 2.68. The third-order valence-corrected chi connectivity index (χ3v) is 5.21. The number of carbonyl (C=O) groups is 2. The molecular weight excluding hydrogens is 506 g/mol. The van der Waals surface area contributed by atoms with Gasteiger partial charge in [-0.05, 0) is 71.7 Å². The molecule has 0 aliphatic carbocycles. The van der Waals surface area contributed by atoms with Crippen LogP contribution in [0.5, 0.6) is 11.5 Å². The van der Waals surface area contributed by atoms with Gasteiger partial charge in [-0.3, -0.25) is 9.59 Å². The van der Waals surface area contributed by atoms with Gasteiger partial charge in [-0.25, -0.2) is 5.43 Å². The van der Waals surface area contributed by atoms with Crippen LogP contribution in [0.15, 0.2) is 50.4 Å². The maximum atomic E-state index is 12.1. The van der Waals surface area contributed by atoms with Crippen LogP contribution in [-0.4, -0.2) is 31.2 Å². The van der Waals surface area contributed by atoms with Crippen LogP contribution < -0.4 is 20.2 Å². The van der Waals surface area contributed by atoms with Gasteiger partial charge in [0.25, 0.3) is 5.91 Å². The van der Waals surface area contributed by atoms with Gasteiger partial charge in [-0.15, -0.1) is 0 Å². The van der Waals surface area contributed by atoms with E-state index in [-0.39, 0.29) is 18.9 Å². The minimum Gasteiger partial charge on any atom is -0.497 e. The van der Waals surface area contributed by atoms with Gasteiger partial charge in [0.15, 0.2) is 6.61 Å². The van der Waals surface area contributed by atoms with Crippen LogP contribution in [0.3, 0.4) is 0 Å². The van der Waals surface area contributed by atoms with Crippen molar-refractivity contribution < 1.29 is 19.1 Å². The summed E-state index contributed by atoms with van der Waals surface area (Å²) < 4.78 is 12.3. The molecule has 0 atom stereocenters. The number of carbonyl (C=O) groups excluding carboxylic acids is 2. The molecule has 0 saturated heterocycles. The Kier molecular flexibility index (Phi) is 8.66. The molecular formula is C20H21Br2N3O4. The van der Waals surface area contributed by atoms with Gasteiger partial charge < -0.3 is 14.8 Å². The van der Waals surface area contributed by atoms with Crippen molar-refractivity contribution in [1.82, 2.24) is 5.43 Å². The summed E-state index contributed by atoms with van der Waals surface area (Å²) in [5.74, 6) is 0.597. The zero-order valence-corrected chi connectivity index (χ0v) is 19.4. The summed E-state index contributed by atoms with van der Waals surface area (Å²) >= 11 is 6.82. The first-order valence-electron chi connectivity index (χ1n) is 8.63. The summed E-state index contributed by atoms with van der Waals surface area (Å²) in [6.07, 6.45) is 0.0463. The number of nitrogens with one attached hydrogen (secondary N) is 2. The van der Waals surface area contributed by atoms with Crippen molar-refractivity contribution in [2.24, 2.45) is 5.10 Å². The number of anilines is 1. The van der Waals surface area contributed by atoms with E-state index in [9.17, 15) is 9.59 Å². The number of benzene rings is 2. The Morgan fingerprint density at radius 3 is 2.41 bits per heavy atom. The Balaban J connectivity index is 1.80. The minimum atomic E-state index is -0.424. The maximum Gasteiger partial charge on any atom is 0.277 e. The molecule has 0 aliphatic heterocycles. The second-order valence-electron chi connectivity index (χ2n) is 6.16. The molecule has 2 amide bonds. The Labute approximate surface area is 186 Å². The maximum absolute atomic E-state index is 12.1. The topological polar surface area (TPSA) is 89.0 Å². The van der Waals surface area contributed by atoms with E-state index in [1.54, 1.807) is 38.3 Å². The monoisotopic (exact) mass is 525 g/mol. The third kappa shape index (κ3) is 7.51. The fourth-order valence-corrected chi connectivity index (χ4v) is 3.33. The highest BCUT2D eigenvalue weighted by molar-refractivity contribution is 9.11. The molecule has 0 heterocycles. The van der Waals surface area contributed by atoms with E-state index >= 15 is 0 Å². The largest absolute Gasteiger partial charge is 0.497 e. The van der Waals surface area contributed by atoms with Crippen LogP contribution >= 0.6 is 31.9 Å². The van der Waals surface area contributed by atoms with E-state index in [2.05, 4.69) is 47.7 Å². The number of hydrogen-bond acceptors (Lipinski definition) is 5. The molecule has 0 saturated carbocycles. The number of hydrogen-bond donors (Lipinski definition) is 2. The van der Waals surface area contributed by atoms with Crippen molar-refractivity contribution in [3.05, 3.63) is 50.9 Å². The summed E-state index contributed by atoms with van der Waals surface area (Å²) in [5, 5.41) is 6.69. The lowest BCUT2D eigenvalue weighted by atomic mass is 10.2. The van der Waals surface area contributed by atoms with E-state index in [1.807, 2.05) is 19.1 Å². The van der Waals surface area contributed by atoms with Crippen molar-refractivity contribution in [3.63, 3.8) is 0 Å². The molecule has 0 aromatic heterocycles. The van der Waals surface area contributed by atoms with Gasteiger partial charge in [0.1, 0.15) is 11.5 Å². The molecule has 0 unspecified atom stereocenters. The molecule has 2 rings (SSSR count). The molecule has 29 heavy (non-hydrogen) atoms. The summed E-state index contributed by atoms with van der Waals surface area (Å²) in [6.45, 7) is 3.38. The molecule has 9 heteroatoms. The molecule has 0 fully saturated rings. The van der Waals surface area contributed by atoms with Crippen LogP contribution in [-0.2, 0) is 9.59 Å². The zero-order chi connectivity index (χ0) is 21.4. The van der Waals surface area contributed by atoms with E-state index in [1.165, 1.54) is 0 Å². The molecule has 2 N–H and O–H groups in total. The number of amides is 2. The van der Waals surface area contributed by atoms with Crippen LogP contribution in [0, 0.1) is 6.92 Å². The van der Waals surface area contributed by atoms with Crippen LogP contribution in [0.4, 0.5) is 5.69 Å². The van der Waals surface area contributed by atoms with E-state index in [0.29, 0.717) is 22.9 Å². The molecule has 0 radical (unpaired) electrons. The van der Waals surface area contributed by atoms with Crippen LogP contribution in [0.25, 0.3) is 0 Å². The van der Waals surface area contributed by atoms with Gasteiger partial charge >= 0.3 is 0 Å². The Morgan fingerprint density at radius 2 is 1.76 bits per heavy atom. The summed E-state index contributed by atoms with van der Waals surface area (Å²) in [5.41, 5.74) is 4.48. The zero-order valence-electron chi connectivity index (χ0n) is 16.2. The van der Waals surface area contributed by atoms with Crippen LogP contribution in [0.2, 0.25) is 0 Å². The van der Waals surface area contributed by atoms with Gasteiger partial charge in [0.05, 0.1) is 18.0 Å². The first-order valence-corrected chi connectivity index (χ1v) is 10.2. The van der Waals surface area contributed by atoms with Gasteiger partial charge in [0, 0.05) is 15.9 Å². The van der Waals surface area contributed by atoms with Crippen molar-refractivity contribution in [3.8, 4) is 11.5 Å². The SMILES string of the molecule is COc1ccc(NC(=O)C/C(C)=N/NC(=O)COc2cc(C)c(Br)cc2Br)cc1. The van der Waals surface area contributed by atoms with Gasteiger partial charge in [-0.2, -0.15) is 5.10 Å². The highest BCUT2D eigenvalue weighted by Gasteiger charge is 2.09. The van der Waals surface area contributed by atoms with Crippen molar-refractivity contribution in [1.29, 1.82) is 0 Å². The highest BCUT2D eigenvalue weighted by Crippen LogP contribution is 2.31. The quantitative estimate of drug-likeness (QED) is 0.393. The third-order valence-electron chi connectivity index (χ3n) is 3.73. The molecule has 2 aromatic carbocycles. The smallest absolute Gasteiger partial charge is 0.277 e. The standard InChI is InChI=1S/C20H21Br2N3O4/c1-12-8-18(17(22)10-16(12)21)29-11-20(27)25-24-13(2)9-19(26)23-14-4-6-15(28-3)7-5-14/h4-8,10H,9,11H2,1-3H3,(H,23,26)(H,25,27)/b24-13+. The van der Waals surface area contributed by atoms with E-state index < -0.39 is 5.91 Å². The number of rotatable bonds is 8. The molecule has 2 aromatic rings. The van der Waals surface area contributed by atoms with Crippen LogP contribution in [0.1, 0.15) is 18.9 Å². The number of aryl methyl sites for hydroxylation is 1. The van der Waals surface area contributed by atoms with Gasteiger partial charge in [-0.1, -0.05) is 15.9 Å². The fourth-order valence-electron chi connectivity index (χ4n) is 2.23. The number of ether oxygens (including phenoxy) is 2. The predicted octanol–water partition coefficient (Wildman–Crippen LogP) is 4.43. The number of hydrazone groups is 1. The Bertz CT molecular complexity index is 915. The van der Waals surface area contributed by atoms with Crippen molar-refractivity contribution in [2.75, 3.05) is 19.0 Å². The lowest BCUT2D eigenvalue weighted by Crippen LogP contribution is -2.26. The number of methoxy groups -OCH3 is 1. The molecule has 0 bridgehead atoms. The second-order valence-corrected chi connectivity index (χ2v) is 7.86. The Morgan fingerprint density at radius 1 is 1.07 bits per heavy atom. The van der Waals surface area contributed by atoms with Crippen molar-refractivity contribution in [2.45, 2.75) is 20.3 Å². The molecule has 0 aliphatic rings. The molecule has 0 spiro atoms. The van der Waals surface area contributed by atoms with Gasteiger partial charge in [0.2, 0.25) is 5.91 Å². The number of halogens is 2. The first-order chi connectivity index (χ1) is 13.8. The summed E-state index contributed by atoms with van der Waals surface area (Å²) in [6, 6.07) is 10.7. The second kappa shape index (κ2) is 11.0. The van der Waals surface area contributed by atoms with Crippen molar-refractivity contribution >= 4 is 55.1 Å². The first kappa shape index (κ1) is 22.9. The molecule has 154 valence electrons. The lowest BCUT2D eigenvalue weighted by Gasteiger charge is -2.10. The lowest BCUT2D eigenvalue weighted by molar-refractivity contribution is -0.123. The molecule has 7 nitrogen and oxygen atoms in total. The van der Waals surface area contributed by atoms with E-state index in [4.69, 9.17) is 9.47 Å². The predicted molar refractivity (Wildman–Crippen MR) is 120 cm³/mol. The Hall–Kier alpha value is -2.39.